The lowest BCUT2D eigenvalue weighted by atomic mass is 10.2. The van der Waals surface area contributed by atoms with Crippen molar-refractivity contribution in [2.24, 2.45) is 0 Å². The Bertz CT molecular complexity index is 304. The number of carbonyl (C=O) groups is 1. The van der Waals surface area contributed by atoms with Crippen molar-refractivity contribution in [3.8, 4) is 0 Å². The molecule has 3 saturated heterocycles. The van der Waals surface area contributed by atoms with Crippen molar-refractivity contribution in [2.45, 2.75) is 39.2 Å². The normalized spacial score (nSPS) is 35.3. The van der Waals surface area contributed by atoms with Gasteiger partial charge in [0, 0.05) is 26.1 Å². The van der Waals surface area contributed by atoms with Crippen molar-refractivity contribution in [2.75, 3.05) is 32.8 Å². The molecular formula is C12H23NO5Si. The van der Waals surface area contributed by atoms with Gasteiger partial charge in [0.2, 0.25) is 0 Å². The van der Waals surface area contributed by atoms with Gasteiger partial charge in [-0.15, -0.1) is 0 Å². The third-order valence-corrected chi connectivity index (χ3v) is 5.50. The number of hydrogen-bond donors (Lipinski definition) is 0. The Morgan fingerprint density at radius 3 is 2.58 bits per heavy atom. The highest BCUT2D eigenvalue weighted by Gasteiger charge is 2.53. The van der Waals surface area contributed by atoms with E-state index in [-0.39, 0.29) is 12.1 Å². The van der Waals surface area contributed by atoms with E-state index >= 15 is 0 Å². The summed E-state index contributed by atoms with van der Waals surface area (Å²) in [5.74, 6) is -0.320. The number of rotatable bonds is 4. The Labute approximate surface area is 115 Å². The zero-order valence-corrected chi connectivity index (χ0v) is 12.7. The summed E-state index contributed by atoms with van der Waals surface area (Å²) in [5.41, 5.74) is 0. The van der Waals surface area contributed by atoms with E-state index in [4.69, 9.17) is 17.7 Å². The minimum Gasteiger partial charge on any atom is -0.452 e. The summed E-state index contributed by atoms with van der Waals surface area (Å²) in [5, 5.41) is 0. The van der Waals surface area contributed by atoms with Crippen LogP contribution in [-0.4, -0.2) is 58.9 Å². The summed E-state index contributed by atoms with van der Waals surface area (Å²) in [7, 11) is -3.29. The number of hydrogen-bond acceptors (Lipinski definition) is 6. The van der Waals surface area contributed by atoms with Gasteiger partial charge >= 0.3 is 9.05 Å². The van der Waals surface area contributed by atoms with Crippen LogP contribution >= 0.6 is 0 Å². The summed E-state index contributed by atoms with van der Waals surface area (Å²) in [6.07, 6.45) is 2.25. The molecule has 7 heteroatoms. The van der Waals surface area contributed by atoms with E-state index in [9.17, 15) is 4.79 Å². The molecule has 3 rings (SSSR count). The molecule has 1 unspecified atom stereocenters. The van der Waals surface area contributed by atoms with E-state index in [0.29, 0.717) is 19.6 Å². The fraction of sp³-hybridized carbons (Fsp3) is 0.917. The first-order valence-electron chi connectivity index (χ1n) is 7.07. The maximum absolute atomic E-state index is 11.6. The molecule has 3 fully saturated rings. The summed E-state index contributed by atoms with van der Waals surface area (Å²) >= 11 is 0. The molecule has 6 nitrogen and oxygen atoms in total. The Morgan fingerprint density at radius 2 is 2.00 bits per heavy atom. The van der Waals surface area contributed by atoms with Crippen molar-refractivity contribution in [1.82, 2.24) is 4.90 Å². The molecule has 3 heterocycles. The van der Waals surface area contributed by atoms with E-state index in [1.165, 1.54) is 0 Å². The van der Waals surface area contributed by atoms with Gasteiger partial charge in [-0.3, -0.25) is 9.69 Å². The minimum atomic E-state index is -3.29. The molecule has 0 amide bonds. The van der Waals surface area contributed by atoms with Gasteiger partial charge in [0.05, 0.1) is 19.3 Å². The molecule has 0 saturated carbocycles. The molecule has 19 heavy (non-hydrogen) atoms. The maximum atomic E-state index is 11.6. The third-order valence-electron chi connectivity index (χ3n) is 3.28. The molecule has 3 aliphatic heterocycles. The van der Waals surface area contributed by atoms with Crippen LogP contribution in [0.25, 0.3) is 0 Å². The van der Waals surface area contributed by atoms with E-state index in [0.717, 1.165) is 32.5 Å². The van der Waals surface area contributed by atoms with Gasteiger partial charge < -0.3 is 17.7 Å². The highest BCUT2D eigenvalue weighted by Crippen LogP contribution is 2.23. The zero-order valence-electron chi connectivity index (χ0n) is 11.7. The molecule has 0 aromatic carbocycles. The molecule has 0 spiro atoms. The third kappa shape index (κ3) is 3.99. The monoisotopic (exact) mass is 289 g/mol. The van der Waals surface area contributed by atoms with E-state index < -0.39 is 9.05 Å². The first-order valence-corrected chi connectivity index (χ1v) is 8.70. The summed E-state index contributed by atoms with van der Waals surface area (Å²) in [6.45, 7) is 7.38. The predicted molar refractivity (Wildman–Crippen MR) is 70.3 cm³/mol. The molecule has 3 aliphatic rings. The molecule has 0 radical (unpaired) electrons. The molecule has 110 valence electrons. The second-order valence-electron chi connectivity index (χ2n) is 4.85. The Balaban J connectivity index is 2.13. The molecule has 1 atom stereocenters. The Kier molecular flexibility index (Phi) is 5.34. The van der Waals surface area contributed by atoms with Crippen LogP contribution in [0, 0.1) is 0 Å². The van der Waals surface area contributed by atoms with Crippen LogP contribution in [0.3, 0.4) is 0 Å². The van der Waals surface area contributed by atoms with E-state index in [1.54, 1.807) is 6.92 Å². The van der Waals surface area contributed by atoms with Crippen LogP contribution in [0.1, 0.15) is 33.1 Å². The average molecular weight is 289 g/mol. The summed E-state index contributed by atoms with van der Waals surface area (Å²) in [4.78, 5) is 13.9. The second-order valence-corrected chi connectivity index (χ2v) is 6.87. The lowest BCUT2D eigenvalue weighted by molar-refractivity contribution is -0.151. The van der Waals surface area contributed by atoms with Gasteiger partial charge in [-0.1, -0.05) is 20.3 Å². The molecule has 0 N–H and O–H groups in total. The highest BCUT2D eigenvalue weighted by atomic mass is 28.4. The van der Waals surface area contributed by atoms with Crippen molar-refractivity contribution in [1.29, 1.82) is 0 Å². The number of nitrogens with zero attached hydrogens (tertiary/aromatic N) is 1. The Hall–Kier alpha value is -0.473. The molecule has 0 aromatic rings. The standard InChI is InChI=1S/C12H23NO5Si/c1-3-5-11-10-13-6-8-15-19(17-11,16-9-7-13)18-12(14)4-2/h11H,3-10H2,1-2H3. The summed E-state index contributed by atoms with van der Waals surface area (Å²) in [6, 6.07) is 0. The molecule has 0 aromatic heterocycles. The van der Waals surface area contributed by atoms with Gasteiger partial charge in [-0.25, -0.2) is 0 Å². The second kappa shape index (κ2) is 6.80. The number of fused-ring (bicyclic) bond motifs is 6. The zero-order chi connectivity index (χ0) is 13.7. The van der Waals surface area contributed by atoms with E-state index in [1.807, 2.05) is 0 Å². The minimum absolute atomic E-state index is 0.0157. The maximum Gasteiger partial charge on any atom is 0.752 e. The van der Waals surface area contributed by atoms with E-state index in [2.05, 4.69) is 11.8 Å². The fourth-order valence-electron chi connectivity index (χ4n) is 2.30. The van der Waals surface area contributed by atoms with Crippen molar-refractivity contribution < 1.29 is 22.5 Å². The quantitative estimate of drug-likeness (QED) is 0.717. The van der Waals surface area contributed by atoms with Crippen LogP contribution in [0.2, 0.25) is 0 Å². The topological polar surface area (TPSA) is 57.2 Å². The lowest BCUT2D eigenvalue weighted by Crippen LogP contribution is -2.60. The van der Waals surface area contributed by atoms with Crippen molar-refractivity contribution in [3.63, 3.8) is 0 Å². The predicted octanol–water partition coefficient (Wildman–Crippen LogP) is 0.923. The largest absolute Gasteiger partial charge is 0.752 e. The van der Waals surface area contributed by atoms with Crippen LogP contribution in [-0.2, 0) is 22.5 Å². The van der Waals surface area contributed by atoms with Gasteiger partial charge in [-0.2, -0.15) is 0 Å². The Morgan fingerprint density at radius 1 is 1.32 bits per heavy atom. The van der Waals surface area contributed by atoms with Gasteiger partial charge in [-0.05, 0) is 6.42 Å². The fourth-order valence-corrected chi connectivity index (χ4v) is 4.39. The van der Waals surface area contributed by atoms with Crippen LogP contribution in [0.15, 0.2) is 0 Å². The number of carbonyl (C=O) groups excluding carboxylic acids is 1. The van der Waals surface area contributed by atoms with Gasteiger partial charge in [0.25, 0.3) is 5.97 Å². The molecule has 2 bridgehead atoms. The van der Waals surface area contributed by atoms with Gasteiger partial charge in [0.15, 0.2) is 0 Å². The molecular weight excluding hydrogens is 266 g/mol. The summed E-state index contributed by atoms with van der Waals surface area (Å²) < 4.78 is 22.8. The van der Waals surface area contributed by atoms with Crippen molar-refractivity contribution in [3.05, 3.63) is 0 Å². The smallest absolute Gasteiger partial charge is 0.452 e. The lowest BCUT2D eigenvalue weighted by Gasteiger charge is -2.39. The average Bonchev–Trinajstić information content (AvgIpc) is 2.32. The van der Waals surface area contributed by atoms with Crippen LogP contribution in [0.5, 0.6) is 0 Å². The van der Waals surface area contributed by atoms with Gasteiger partial charge in [0.1, 0.15) is 0 Å². The van der Waals surface area contributed by atoms with Crippen LogP contribution < -0.4 is 0 Å². The SMILES string of the molecule is CCCC1CN2CCO[Si](OC(=O)CC)(OCC2)O1. The first kappa shape index (κ1) is 14.9. The molecule has 0 aliphatic carbocycles. The highest BCUT2D eigenvalue weighted by molar-refractivity contribution is 6.55. The first-order chi connectivity index (χ1) is 9.17. The van der Waals surface area contributed by atoms with Crippen molar-refractivity contribution >= 4 is 15.0 Å². The van der Waals surface area contributed by atoms with Crippen LogP contribution in [0.4, 0.5) is 0 Å².